The normalized spacial score (nSPS) is 14.4. The van der Waals surface area contributed by atoms with Gasteiger partial charge in [0.25, 0.3) is 0 Å². The number of aliphatic hydroxyl groups is 1. The zero-order valence-electron chi connectivity index (χ0n) is 15.2. The van der Waals surface area contributed by atoms with E-state index in [4.69, 9.17) is 0 Å². The first kappa shape index (κ1) is 22.0. The molecule has 3 rings (SSSR count). The summed E-state index contributed by atoms with van der Waals surface area (Å²) in [5.74, 6) is -0.288. The molecule has 0 amide bonds. The zero-order valence-corrected chi connectivity index (χ0v) is 16.0. The number of thiazole rings is 1. The second-order valence-corrected chi connectivity index (χ2v) is 7.24. The summed E-state index contributed by atoms with van der Waals surface area (Å²) in [5, 5.41) is 12.2. The lowest BCUT2D eigenvalue weighted by atomic mass is 10.0. The van der Waals surface area contributed by atoms with Crippen LogP contribution in [0.4, 0.5) is 38.0 Å². The molecule has 0 aliphatic carbocycles. The number of hydrogen-bond acceptors (Lipinski definition) is 6. The molecule has 0 saturated heterocycles. The zero-order chi connectivity index (χ0) is 22.2. The van der Waals surface area contributed by atoms with E-state index in [0.717, 1.165) is 12.3 Å². The summed E-state index contributed by atoms with van der Waals surface area (Å²) >= 11 is 0.676. The first-order chi connectivity index (χ1) is 13.9. The summed E-state index contributed by atoms with van der Waals surface area (Å²) in [4.78, 5) is 11.2. The molecule has 0 saturated carbocycles. The Morgan fingerprint density at radius 3 is 2.43 bits per heavy atom. The first-order valence-corrected chi connectivity index (χ1v) is 9.29. The molecule has 0 radical (unpaired) electrons. The molecular weight excluding hydrogens is 434 g/mol. The monoisotopic (exact) mass is 448 g/mol. The summed E-state index contributed by atoms with van der Waals surface area (Å²) in [6, 6.07) is 6.91. The Bertz CT molecular complexity index is 1040. The van der Waals surface area contributed by atoms with Crippen molar-refractivity contribution >= 4 is 23.0 Å². The third kappa shape index (κ3) is 4.38. The molecule has 12 heteroatoms. The number of anilines is 2. The Kier molecular flexibility index (Phi) is 5.74. The van der Waals surface area contributed by atoms with Crippen LogP contribution in [0.2, 0.25) is 0 Å². The lowest BCUT2D eigenvalue weighted by Crippen LogP contribution is -2.41. The Morgan fingerprint density at radius 2 is 1.80 bits per heavy atom. The number of halogens is 6. The number of rotatable bonds is 5. The summed E-state index contributed by atoms with van der Waals surface area (Å²) in [6.07, 6.45) is -7.96. The van der Waals surface area contributed by atoms with Gasteiger partial charge in [-0.3, -0.25) is 0 Å². The topological polar surface area (TPSA) is 70.9 Å². The van der Waals surface area contributed by atoms with Crippen LogP contribution in [0.1, 0.15) is 24.0 Å². The van der Waals surface area contributed by atoms with Gasteiger partial charge in [0.15, 0.2) is 0 Å². The van der Waals surface area contributed by atoms with E-state index < -0.39 is 35.1 Å². The van der Waals surface area contributed by atoms with Crippen molar-refractivity contribution in [2.75, 3.05) is 5.32 Å². The van der Waals surface area contributed by atoms with E-state index in [1.165, 1.54) is 25.3 Å². The average molecular weight is 448 g/mol. The fraction of sp³-hybridized carbons (Fsp3) is 0.278. The van der Waals surface area contributed by atoms with Crippen molar-refractivity contribution in [3.05, 3.63) is 53.4 Å². The van der Waals surface area contributed by atoms with Gasteiger partial charge >= 0.3 is 12.4 Å². The molecule has 0 aliphatic rings. The minimum absolute atomic E-state index is 0.288. The van der Waals surface area contributed by atoms with Crippen LogP contribution in [0.25, 0.3) is 10.4 Å². The molecule has 0 bridgehead atoms. The summed E-state index contributed by atoms with van der Waals surface area (Å²) in [5.41, 5.74) is -3.40. The fourth-order valence-corrected chi connectivity index (χ4v) is 3.62. The largest absolute Gasteiger partial charge is 0.433 e. The van der Waals surface area contributed by atoms with Crippen LogP contribution in [0.5, 0.6) is 0 Å². The smallest absolute Gasteiger partial charge is 0.375 e. The average Bonchev–Trinajstić information content (AvgIpc) is 3.17. The van der Waals surface area contributed by atoms with Crippen molar-refractivity contribution in [3.63, 3.8) is 0 Å². The van der Waals surface area contributed by atoms with Crippen molar-refractivity contribution in [2.45, 2.75) is 31.3 Å². The van der Waals surface area contributed by atoms with Crippen LogP contribution >= 0.6 is 11.3 Å². The highest BCUT2D eigenvalue weighted by atomic mass is 32.1. The third-order valence-corrected chi connectivity index (χ3v) is 5.39. The number of benzene rings is 1. The molecule has 0 spiro atoms. The van der Waals surface area contributed by atoms with Gasteiger partial charge in [-0.2, -0.15) is 26.3 Å². The van der Waals surface area contributed by atoms with Crippen LogP contribution < -0.4 is 5.32 Å². The van der Waals surface area contributed by atoms with Crippen molar-refractivity contribution in [2.24, 2.45) is 0 Å². The van der Waals surface area contributed by atoms with Gasteiger partial charge in [-0.15, -0.1) is 11.3 Å². The number of aromatic nitrogens is 3. The van der Waals surface area contributed by atoms with Gasteiger partial charge in [-0.05, 0) is 30.2 Å². The standard InChI is InChI=1S/C18H14F6N4OS/c1-2-16(29,18(22,23)24)14-26-9-12(30-14)10-4-3-5-11(8-10)27-15-25-7-6-13(28-15)17(19,20)21/h3-9,29H,2H2,1H3,(H,25,27,28). The van der Waals surface area contributed by atoms with Gasteiger partial charge in [0.05, 0.1) is 4.88 Å². The van der Waals surface area contributed by atoms with Gasteiger partial charge in [-0.1, -0.05) is 19.1 Å². The molecule has 0 fully saturated rings. The maximum absolute atomic E-state index is 13.2. The Morgan fingerprint density at radius 1 is 1.07 bits per heavy atom. The van der Waals surface area contributed by atoms with Gasteiger partial charge in [-0.25, -0.2) is 15.0 Å². The van der Waals surface area contributed by atoms with E-state index in [2.05, 4.69) is 20.3 Å². The minimum atomic E-state index is -4.89. The van der Waals surface area contributed by atoms with Gasteiger partial charge < -0.3 is 10.4 Å². The SMILES string of the molecule is CCC(O)(c1ncc(-c2cccc(Nc3nccc(C(F)(F)F)n3)c2)s1)C(F)(F)F. The van der Waals surface area contributed by atoms with E-state index in [-0.39, 0.29) is 5.95 Å². The highest BCUT2D eigenvalue weighted by molar-refractivity contribution is 7.15. The molecule has 2 heterocycles. The van der Waals surface area contributed by atoms with Crippen LogP contribution in [0, 0.1) is 0 Å². The number of nitrogens with one attached hydrogen (secondary N) is 1. The van der Waals surface area contributed by atoms with Crippen molar-refractivity contribution in [1.29, 1.82) is 0 Å². The van der Waals surface area contributed by atoms with E-state index in [1.54, 1.807) is 12.1 Å². The van der Waals surface area contributed by atoms with Crippen molar-refractivity contribution in [1.82, 2.24) is 15.0 Å². The van der Waals surface area contributed by atoms with Crippen LogP contribution in [0.3, 0.4) is 0 Å². The number of alkyl halides is 6. The highest BCUT2D eigenvalue weighted by Crippen LogP contribution is 2.44. The predicted molar refractivity (Wildman–Crippen MR) is 98.1 cm³/mol. The Labute approximate surface area is 170 Å². The van der Waals surface area contributed by atoms with Crippen molar-refractivity contribution in [3.8, 4) is 10.4 Å². The van der Waals surface area contributed by atoms with E-state index >= 15 is 0 Å². The summed E-state index contributed by atoms with van der Waals surface area (Å²) in [7, 11) is 0. The molecule has 160 valence electrons. The molecule has 1 unspecified atom stereocenters. The van der Waals surface area contributed by atoms with E-state index in [9.17, 15) is 31.4 Å². The van der Waals surface area contributed by atoms with Crippen LogP contribution in [0.15, 0.2) is 42.7 Å². The Hall–Kier alpha value is -2.73. The van der Waals surface area contributed by atoms with Crippen LogP contribution in [-0.4, -0.2) is 26.2 Å². The Balaban J connectivity index is 1.88. The second-order valence-electron chi connectivity index (χ2n) is 6.21. The maximum atomic E-state index is 13.2. The quantitative estimate of drug-likeness (QED) is 0.503. The number of nitrogens with zero attached hydrogens (tertiary/aromatic N) is 3. The van der Waals surface area contributed by atoms with Crippen molar-refractivity contribution < 1.29 is 31.4 Å². The molecule has 30 heavy (non-hydrogen) atoms. The number of hydrogen-bond donors (Lipinski definition) is 2. The molecule has 1 aromatic carbocycles. The molecule has 1 atom stereocenters. The fourth-order valence-electron chi connectivity index (χ4n) is 2.53. The van der Waals surface area contributed by atoms with Gasteiger partial charge in [0.2, 0.25) is 11.5 Å². The lowest BCUT2D eigenvalue weighted by molar-refractivity contribution is -0.267. The first-order valence-electron chi connectivity index (χ1n) is 8.47. The molecule has 0 aliphatic heterocycles. The highest BCUT2D eigenvalue weighted by Gasteiger charge is 2.55. The van der Waals surface area contributed by atoms with E-state index in [0.29, 0.717) is 27.5 Å². The molecule has 3 aromatic rings. The molecular formula is C18H14F6N4OS. The molecule has 2 N–H and O–H groups in total. The van der Waals surface area contributed by atoms with Gasteiger partial charge in [0.1, 0.15) is 10.7 Å². The summed E-state index contributed by atoms with van der Waals surface area (Å²) in [6.45, 7) is 1.20. The maximum Gasteiger partial charge on any atom is 0.433 e. The van der Waals surface area contributed by atoms with Gasteiger partial charge in [0, 0.05) is 18.1 Å². The van der Waals surface area contributed by atoms with Crippen LogP contribution in [-0.2, 0) is 11.8 Å². The third-order valence-electron chi connectivity index (χ3n) is 4.19. The minimum Gasteiger partial charge on any atom is -0.375 e. The predicted octanol–water partition coefficient (Wildman–Crippen LogP) is 5.52. The molecule has 2 aromatic heterocycles. The second kappa shape index (κ2) is 7.84. The summed E-state index contributed by atoms with van der Waals surface area (Å²) < 4.78 is 78.1. The lowest BCUT2D eigenvalue weighted by Gasteiger charge is -2.26. The molecule has 5 nitrogen and oxygen atoms in total. The van der Waals surface area contributed by atoms with E-state index in [1.807, 2.05) is 0 Å².